The van der Waals surface area contributed by atoms with Crippen molar-refractivity contribution in [3.05, 3.63) is 15.8 Å². The van der Waals surface area contributed by atoms with Crippen LogP contribution in [0, 0.1) is 6.92 Å². The summed E-state index contributed by atoms with van der Waals surface area (Å²) in [6.45, 7) is 4.13. The van der Waals surface area contributed by atoms with Crippen LogP contribution in [0.2, 0.25) is 0 Å². The van der Waals surface area contributed by atoms with Crippen molar-refractivity contribution in [2.75, 3.05) is 18.5 Å². The first-order valence-electron chi connectivity index (χ1n) is 4.88. The van der Waals surface area contributed by atoms with Gasteiger partial charge in [0.15, 0.2) is 0 Å². The number of amides is 1. The molecule has 1 rings (SSSR count). The van der Waals surface area contributed by atoms with Gasteiger partial charge in [-0.1, -0.05) is 0 Å². The number of thiophene rings is 1. The Morgan fingerprint density at radius 2 is 2.31 bits per heavy atom. The molecule has 1 heterocycles. The zero-order chi connectivity index (χ0) is 12.3. The highest BCUT2D eigenvalue weighted by Crippen LogP contribution is 2.23. The first-order chi connectivity index (χ1) is 7.41. The van der Waals surface area contributed by atoms with Crippen LogP contribution in [0.4, 0.5) is 5.69 Å². The Hall–Kier alpha value is -0.880. The fourth-order valence-corrected chi connectivity index (χ4v) is 2.22. The van der Waals surface area contributed by atoms with Gasteiger partial charge < -0.3 is 11.1 Å². The summed E-state index contributed by atoms with van der Waals surface area (Å²) < 4.78 is 11.1. The van der Waals surface area contributed by atoms with E-state index in [9.17, 15) is 9.00 Å². The molecule has 0 aliphatic rings. The van der Waals surface area contributed by atoms with E-state index in [-0.39, 0.29) is 11.2 Å². The molecular formula is C10H16N2O2S2. The fourth-order valence-electron chi connectivity index (χ4n) is 1.05. The van der Waals surface area contributed by atoms with Gasteiger partial charge in [-0.2, -0.15) is 0 Å². The summed E-state index contributed by atoms with van der Waals surface area (Å²) in [5.41, 5.74) is 6.31. The molecule has 0 saturated heterocycles. The van der Waals surface area contributed by atoms with Crippen molar-refractivity contribution in [1.82, 2.24) is 5.32 Å². The van der Waals surface area contributed by atoms with Crippen LogP contribution in [-0.4, -0.2) is 28.2 Å². The number of nitrogens with one attached hydrogen (secondary N) is 1. The number of hydrogen-bond donors (Lipinski definition) is 2. The van der Waals surface area contributed by atoms with Gasteiger partial charge in [0.05, 0.1) is 4.88 Å². The van der Waals surface area contributed by atoms with E-state index in [4.69, 9.17) is 5.73 Å². The SMILES string of the molecule is Cc1sc(C(=O)NCC(C)S(C)=O)cc1N. The van der Waals surface area contributed by atoms with E-state index in [1.807, 2.05) is 13.8 Å². The van der Waals surface area contributed by atoms with Gasteiger partial charge in [-0.25, -0.2) is 0 Å². The van der Waals surface area contributed by atoms with Gasteiger partial charge >= 0.3 is 0 Å². The van der Waals surface area contributed by atoms with E-state index < -0.39 is 10.8 Å². The molecule has 0 fully saturated rings. The number of rotatable bonds is 4. The molecule has 90 valence electrons. The molecular weight excluding hydrogens is 244 g/mol. The Kier molecular flexibility index (Phi) is 4.49. The van der Waals surface area contributed by atoms with Crippen LogP contribution in [0.5, 0.6) is 0 Å². The van der Waals surface area contributed by atoms with Gasteiger partial charge in [0, 0.05) is 39.4 Å². The van der Waals surface area contributed by atoms with Gasteiger partial charge in [-0.3, -0.25) is 9.00 Å². The summed E-state index contributed by atoms with van der Waals surface area (Å²) in [7, 11) is -0.918. The maximum Gasteiger partial charge on any atom is 0.261 e. The third kappa shape index (κ3) is 3.31. The zero-order valence-electron chi connectivity index (χ0n) is 9.57. The standard InChI is InChI=1S/C10H16N2O2S2/c1-6(16(3)14)5-12-10(13)9-4-8(11)7(2)15-9/h4,6H,5,11H2,1-3H3,(H,12,13). The number of anilines is 1. The van der Waals surface area contributed by atoms with Crippen molar-refractivity contribution in [3.63, 3.8) is 0 Å². The average Bonchev–Trinajstić information content (AvgIpc) is 2.55. The Morgan fingerprint density at radius 1 is 1.69 bits per heavy atom. The first kappa shape index (κ1) is 13.2. The normalized spacial score (nSPS) is 14.4. The van der Waals surface area contributed by atoms with Crippen molar-refractivity contribution >= 4 is 33.7 Å². The summed E-state index contributed by atoms with van der Waals surface area (Å²) in [4.78, 5) is 13.2. The molecule has 0 aromatic carbocycles. The maximum atomic E-state index is 11.7. The summed E-state index contributed by atoms with van der Waals surface area (Å²) in [5, 5.41) is 2.70. The molecule has 4 nitrogen and oxygen atoms in total. The monoisotopic (exact) mass is 260 g/mol. The van der Waals surface area contributed by atoms with Crippen LogP contribution in [-0.2, 0) is 10.8 Å². The number of nitrogens with two attached hydrogens (primary N) is 1. The van der Waals surface area contributed by atoms with E-state index in [2.05, 4.69) is 5.32 Å². The largest absolute Gasteiger partial charge is 0.398 e. The second-order valence-electron chi connectivity index (χ2n) is 3.64. The Labute approximate surface area is 102 Å². The summed E-state index contributed by atoms with van der Waals surface area (Å²) in [5.74, 6) is -0.151. The van der Waals surface area contributed by atoms with Crippen molar-refractivity contribution < 1.29 is 9.00 Å². The maximum absolute atomic E-state index is 11.7. The lowest BCUT2D eigenvalue weighted by Gasteiger charge is -2.08. The summed E-state index contributed by atoms with van der Waals surface area (Å²) in [6, 6.07) is 1.67. The predicted octanol–water partition coefficient (Wildman–Crippen LogP) is 1.14. The van der Waals surface area contributed by atoms with E-state index >= 15 is 0 Å². The van der Waals surface area contributed by atoms with Gasteiger partial charge in [-0.15, -0.1) is 11.3 Å². The molecule has 0 aliphatic carbocycles. The number of aryl methyl sites for hydroxylation is 1. The van der Waals surface area contributed by atoms with Gasteiger partial charge in [0.2, 0.25) is 0 Å². The molecule has 0 aliphatic heterocycles. The molecule has 0 bridgehead atoms. The van der Waals surface area contributed by atoms with E-state index in [1.165, 1.54) is 11.3 Å². The van der Waals surface area contributed by atoms with Gasteiger partial charge in [0.25, 0.3) is 5.91 Å². The Balaban J connectivity index is 2.56. The van der Waals surface area contributed by atoms with Crippen LogP contribution in [0.15, 0.2) is 6.07 Å². The van der Waals surface area contributed by atoms with Crippen LogP contribution >= 0.6 is 11.3 Å². The molecule has 0 radical (unpaired) electrons. The topological polar surface area (TPSA) is 72.2 Å². The van der Waals surface area contributed by atoms with E-state index in [1.54, 1.807) is 12.3 Å². The quantitative estimate of drug-likeness (QED) is 0.852. The van der Waals surface area contributed by atoms with Crippen LogP contribution in [0.25, 0.3) is 0 Å². The Bertz CT molecular complexity index is 395. The molecule has 3 N–H and O–H groups in total. The number of carbonyl (C=O) groups is 1. The average molecular weight is 260 g/mol. The van der Waals surface area contributed by atoms with E-state index in [0.29, 0.717) is 17.1 Å². The Morgan fingerprint density at radius 3 is 2.75 bits per heavy atom. The zero-order valence-corrected chi connectivity index (χ0v) is 11.2. The molecule has 1 amide bonds. The molecule has 2 unspecified atom stereocenters. The number of hydrogen-bond acceptors (Lipinski definition) is 4. The third-order valence-electron chi connectivity index (χ3n) is 2.30. The van der Waals surface area contributed by atoms with Crippen molar-refractivity contribution in [3.8, 4) is 0 Å². The molecule has 1 aromatic rings. The van der Waals surface area contributed by atoms with E-state index in [0.717, 1.165) is 4.88 Å². The molecule has 2 atom stereocenters. The second kappa shape index (κ2) is 5.45. The third-order valence-corrected chi connectivity index (χ3v) is 4.66. The molecule has 16 heavy (non-hydrogen) atoms. The molecule has 1 aromatic heterocycles. The highest BCUT2D eigenvalue weighted by molar-refractivity contribution is 7.84. The number of nitrogen functional groups attached to an aromatic ring is 1. The molecule has 0 spiro atoms. The van der Waals surface area contributed by atoms with Crippen LogP contribution < -0.4 is 11.1 Å². The van der Waals surface area contributed by atoms with Crippen LogP contribution in [0.1, 0.15) is 21.5 Å². The van der Waals surface area contributed by atoms with Crippen molar-refractivity contribution in [2.45, 2.75) is 19.1 Å². The number of carbonyl (C=O) groups excluding carboxylic acids is 1. The minimum absolute atomic E-state index is 0.0395. The minimum atomic E-state index is -0.918. The fraction of sp³-hybridized carbons (Fsp3) is 0.500. The minimum Gasteiger partial charge on any atom is -0.398 e. The smallest absolute Gasteiger partial charge is 0.261 e. The lowest BCUT2D eigenvalue weighted by atomic mass is 10.3. The second-order valence-corrected chi connectivity index (χ2v) is 6.70. The highest BCUT2D eigenvalue weighted by atomic mass is 32.2. The van der Waals surface area contributed by atoms with Crippen molar-refractivity contribution in [2.24, 2.45) is 0 Å². The lowest BCUT2D eigenvalue weighted by Crippen LogP contribution is -2.32. The lowest BCUT2D eigenvalue weighted by molar-refractivity contribution is 0.0958. The van der Waals surface area contributed by atoms with Crippen LogP contribution in [0.3, 0.4) is 0 Å². The summed E-state index contributed by atoms with van der Waals surface area (Å²) >= 11 is 1.37. The van der Waals surface area contributed by atoms with Gasteiger partial charge in [0.1, 0.15) is 0 Å². The first-order valence-corrected chi connectivity index (χ1v) is 7.32. The molecule has 0 saturated carbocycles. The predicted molar refractivity (Wildman–Crippen MR) is 69.3 cm³/mol. The molecule has 6 heteroatoms. The van der Waals surface area contributed by atoms with Crippen molar-refractivity contribution in [1.29, 1.82) is 0 Å². The highest BCUT2D eigenvalue weighted by Gasteiger charge is 2.13. The van der Waals surface area contributed by atoms with Gasteiger partial charge in [-0.05, 0) is 19.9 Å². The summed E-state index contributed by atoms with van der Waals surface area (Å²) in [6.07, 6.45) is 1.63.